The van der Waals surface area contributed by atoms with Crippen LogP contribution in [0.2, 0.25) is 0 Å². The maximum Gasteiger partial charge on any atom is 0.256 e. The number of rotatable bonds is 3. The highest BCUT2D eigenvalue weighted by molar-refractivity contribution is 7.90. The first-order valence-corrected chi connectivity index (χ1v) is 8.81. The molecule has 0 aliphatic carbocycles. The Morgan fingerprint density at radius 1 is 1.39 bits per heavy atom. The Morgan fingerprint density at radius 2 is 2.17 bits per heavy atom. The summed E-state index contributed by atoms with van der Waals surface area (Å²) in [4.78, 5) is 14.0. The van der Waals surface area contributed by atoms with Crippen molar-refractivity contribution in [3.8, 4) is 0 Å². The number of nitrogens with zero attached hydrogens (tertiary/aromatic N) is 2. The maximum atomic E-state index is 12.3. The van der Waals surface area contributed by atoms with E-state index in [1.54, 1.807) is 17.2 Å². The lowest BCUT2D eigenvalue weighted by atomic mass is 10.1. The number of amides is 1. The third-order valence-corrected chi connectivity index (χ3v) is 4.79. The Labute approximate surface area is 134 Å². The van der Waals surface area contributed by atoms with Crippen LogP contribution in [-0.4, -0.2) is 37.4 Å². The maximum absolute atomic E-state index is 12.3. The average Bonchev–Trinajstić information content (AvgIpc) is 2.92. The molecule has 0 aromatic carbocycles. The van der Waals surface area contributed by atoms with Gasteiger partial charge in [0.15, 0.2) is 0 Å². The van der Waals surface area contributed by atoms with E-state index in [2.05, 4.69) is 9.71 Å². The zero-order chi connectivity index (χ0) is 16.6. The number of furan rings is 1. The van der Waals surface area contributed by atoms with E-state index >= 15 is 0 Å². The predicted molar refractivity (Wildman–Crippen MR) is 85.2 cm³/mol. The van der Waals surface area contributed by atoms with Crippen LogP contribution in [0.3, 0.4) is 0 Å². The molecule has 3 heterocycles. The van der Waals surface area contributed by atoms with Crippen LogP contribution in [0.5, 0.6) is 0 Å². The predicted octanol–water partition coefficient (Wildman–Crippen LogP) is 1.26. The quantitative estimate of drug-likeness (QED) is 0.898. The monoisotopic (exact) mass is 335 g/mol. The Bertz CT molecular complexity index is 833. The molecule has 1 N–H and O–H groups in total. The number of hydrogen-bond acceptors (Lipinski definition) is 5. The number of aryl methyl sites for hydroxylation is 1. The van der Waals surface area contributed by atoms with E-state index in [9.17, 15) is 13.2 Å². The lowest BCUT2D eigenvalue weighted by molar-refractivity contribution is -0.118. The molecular formula is C15H17N3O4S. The van der Waals surface area contributed by atoms with E-state index in [1.807, 2.05) is 26.0 Å². The summed E-state index contributed by atoms with van der Waals surface area (Å²) in [7, 11) is -3.39. The van der Waals surface area contributed by atoms with Gasteiger partial charge in [0.2, 0.25) is 0 Å². The van der Waals surface area contributed by atoms with Gasteiger partial charge in [-0.3, -0.25) is 4.79 Å². The molecule has 8 heteroatoms. The lowest BCUT2D eigenvalue weighted by Gasteiger charge is -2.27. The standard InChI is InChI=1S/C15H17N3O4S/c1-10-3-5-13(22-10)11(2)16-15(19)12-4-6-14-17-23(20,21)8-7-18(14)9-12/h3-6,9,11H,7-8H2,1-2H3,(H,16,19)/t11-/m1/s1. The lowest BCUT2D eigenvalue weighted by Crippen LogP contribution is -2.38. The van der Waals surface area contributed by atoms with Gasteiger partial charge in [-0.05, 0) is 38.1 Å². The SMILES string of the molecule is Cc1ccc([C@@H](C)NC(=O)C2=CN3CCS(=O)(=O)N=C3C=C2)o1. The highest BCUT2D eigenvalue weighted by atomic mass is 32.2. The second kappa shape index (κ2) is 5.69. The summed E-state index contributed by atoms with van der Waals surface area (Å²) >= 11 is 0. The van der Waals surface area contributed by atoms with Gasteiger partial charge in [-0.15, -0.1) is 4.40 Å². The topological polar surface area (TPSA) is 92.0 Å². The summed E-state index contributed by atoms with van der Waals surface area (Å²) in [6.07, 6.45) is 4.71. The zero-order valence-corrected chi connectivity index (χ0v) is 13.6. The molecule has 0 saturated carbocycles. The van der Waals surface area contributed by atoms with Crippen LogP contribution in [0.15, 0.2) is 44.9 Å². The molecule has 0 radical (unpaired) electrons. The molecule has 3 rings (SSSR count). The van der Waals surface area contributed by atoms with Crippen LogP contribution in [0.25, 0.3) is 0 Å². The number of carbonyl (C=O) groups excluding carboxylic acids is 1. The van der Waals surface area contributed by atoms with Crippen LogP contribution < -0.4 is 5.32 Å². The summed E-state index contributed by atoms with van der Waals surface area (Å²) in [5.74, 6) is 1.49. The second-order valence-corrected chi connectivity index (χ2v) is 7.24. The molecule has 1 aromatic rings. The smallest absolute Gasteiger partial charge is 0.256 e. The summed E-state index contributed by atoms with van der Waals surface area (Å²) in [6, 6.07) is 3.41. The van der Waals surface area contributed by atoms with E-state index in [1.165, 1.54) is 6.08 Å². The van der Waals surface area contributed by atoms with Gasteiger partial charge in [-0.1, -0.05) is 0 Å². The van der Waals surface area contributed by atoms with Crippen molar-refractivity contribution in [3.63, 3.8) is 0 Å². The number of hydrogen-bond donors (Lipinski definition) is 1. The number of sulfonamides is 1. The van der Waals surface area contributed by atoms with E-state index < -0.39 is 10.0 Å². The molecule has 0 fully saturated rings. The van der Waals surface area contributed by atoms with Crippen LogP contribution in [0.1, 0.15) is 24.5 Å². The van der Waals surface area contributed by atoms with Crippen molar-refractivity contribution in [2.45, 2.75) is 19.9 Å². The zero-order valence-electron chi connectivity index (χ0n) is 12.8. The normalized spacial score (nSPS) is 20.3. The largest absolute Gasteiger partial charge is 0.464 e. The summed E-state index contributed by atoms with van der Waals surface area (Å²) in [6.45, 7) is 3.97. The molecule has 1 amide bonds. The van der Waals surface area contributed by atoms with Gasteiger partial charge in [0.05, 0.1) is 17.4 Å². The van der Waals surface area contributed by atoms with Crippen LogP contribution in [0.4, 0.5) is 0 Å². The number of carbonyl (C=O) groups is 1. The summed E-state index contributed by atoms with van der Waals surface area (Å²) < 4.78 is 32.1. The van der Waals surface area contributed by atoms with Crippen LogP contribution in [0, 0.1) is 6.92 Å². The Hall–Kier alpha value is -2.35. The van der Waals surface area contributed by atoms with Crippen molar-refractivity contribution < 1.29 is 17.6 Å². The minimum atomic E-state index is -3.39. The fourth-order valence-corrected chi connectivity index (χ4v) is 3.34. The molecule has 122 valence electrons. The Morgan fingerprint density at radius 3 is 2.87 bits per heavy atom. The van der Waals surface area contributed by atoms with Gasteiger partial charge >= 0.3 is 0 Å². The van der Waals surface area contributed by atoms with Gasteiger partial charge < -0.3 is 14.6 Å². The molecule has 23 heavy (non-hydrogen) atoms. The minimum Gasteiger partial charge on any atom is -0.464 e. The van der Waals surface area contributed by atoms with Crippen molar-refractivity contribution in [2.24, 2.45) is 4.40 Å². The van der Waals surface area contributed by atoms with Crippen LogP contribution >= 0.6 is 0 Å². The molecule has 1 atom stereocenters. The highest BCUT2D eigenvalue weighted by Crippen LogP contribution is 2.19. The molecule has 0 unspecified atom stereocenters. The highest BCUT2D eigenvalue weighted by Gasteiger charge is 2.25. The van der Waals surface area contributed by atoms with E-state index in [0.29, 0.717) is 17.2 Å². The summed E-state index contributed by atoms with van der Waals surface area (Å²) in [5.41, 5.74) is 0.443. The third kappa shape index (κ3) is 3.37. The number of amidine groups is 1. The first kappa shape index (κ1) is 15.5. The van der Waals surface area contributed by atoms with E-state index in [4.69, 9.17) is 4.42 Å². The van der Waals surface area contributed by atoms with E-state index in [-0.39, 0.29) is 24.2 Å². The fourth-order valence-electron chi connectivity index (χ4n) is 2.37. The second-order valence-electron chi connectivity index (χ2n) is 5.49. The van der Waals surface area contributed by atoms with Gasteiger partial charge in [-0.2, -0.15) is 0 Å². The third-order valence-electron chi connectivity index (χ3n) is 3.62. The molecule has 2 aliphatic heterocycles. The van der Waals surface area contributed by atoms with Crippen molar-refractivity contribution in [1.29, 1.82) is 0 Å². The van der Waals surface area contributed by atoms with Gasteiger partial charge in [0.25, 0.3) is 15.9 Å². The van der Waals surface area contributed by atoms with Gasteiger partial charge in [0.1, 0.15) is 17.4 Å². The number of nitrogens with one attached hydrogen (secondary N) is 1. The summed E-state index contributed by atoms with van der Waals surface area (Å²) in [5, 5.41) is 2.85. The molecule has 0 saturated heterocycles. The van der Waals surface area contributed by atoms with Gasteiger partial charge in [-0.25, -0.2) is 8.42 Å². The fraction of sp³-hybridized carbons (Fsp3) is 0.333. The molecule has 1 aromatic heterocycles. The van der Waals surface area contributed by atoms with Crippen molar-refractivity contribution in [3.05, 3.63) is 47.6 Å². The Kier molecular flexibility index (Phi) is 3.85. The molecule has 2 aliphatic rings. The Balaban J connectivity index is 1.72. The van der Waals surface area contributed by atoms with Crippen LogP contribution in [-0.2, 0) is 14.8 Å². The minimum absolute atomic E-state index is 0.0577. The molecule has 0 bridgehead atoms. The van der Waals surface area contributed by atoms with Crippen molar-refractivity contribution in [2.75, 3.05) is 12.3 Å². The molecule has 7 nitrogen and oxygen atoms in total. The average molecular weight is 335 g/mol. The van der Waals surface area contributed by atoms with Crippen molar-refractivity contribution >= 4 is 21.8 Å². The number of fused-ring (bicyclic) bond motifs is 1. The van der Waals surface area contributed by atoms with E-state index in [0.717, 1.165) is 5.76 Å². The first-order valence-electron chi connectivity index (χ1n) is 7.20. The first-order chi connectivity index (χ1) is 10.8. The van der Waals surface area contributed by atoms with Gasteiger partial charge in [0, 0.05) is 12.7 Å². The molecular weight excluding hydrogens is 318 g/mol. The van der Waals surface area contributed by atoms with Crippen molar-refractivity contribution in [1.82, 2.24) is 10.2 Å². The molecule has 0 spiro atoms.